The molecule has 24 heavy (non-hydrogen) atoms. The van der Waals surface area contributed by atoms with Crippen molar-refractivity contribution in [2.75, 3.05) is 13.1 Å². The number of hydrogen-bond donors (Lipinski definition) is 1. The first-order valence-corrected chi connectivity index (χ1v) is 8.59. The molecule has 2 fully saturated rings. The maximum Gasteiger partial charge on any atom is 0.255 e. The van der Waals surface area contributed by atoms with E-state index in [1.807, 2.05) is 18.2 Å². The Morgan fingerprint density at radius 3 is 2.67 bits per heavy atom. The number of rotatable bonds is 3. The van der Waals surface area contributed by atoms with Gasteiger partial charge in [0.1, 0.15) is 0 Å². The topological polar surface area (TPSA) is 53.4 Å². The molecule has 4 rings (SSSR count). The van der Waals surface area contributed by atoms with Gasteiger partial charge in [-0.3, -0.25) is 9.78 Å². The highest BCUT2D eigenvalue weighted by Crippen LogP contribution is 2.44. The molecule has 1 amide bonds. The summed E-state index contributed by atoms with van der Waals surface area (Å²) in [6, 6.07) is 10.1. The SMILES string of the molecule is Cc1ccc(-c2cncc(C(=O)N3CCC(O)(C4CC4)C3)c2)cc1. The number of likely N-dealkylation sites (tertiary alicyclic amines) is 1. The monoisotopic (exact) mass is 322 g/mol. The summed E-state index contributed by atoms with van der Waals surface area (Å²) in [7, 11) is 0. The number of benzene rings is 1. The molecule has 124 valence electrons. The first-order chi connectivity index (χ1) is 11.5. The van der Waals surface area contributed by atoms with E-state index >= 15 is 0 Å². The molecule has 1 aromatic carbocycles. The molecular formula is C20H22N2O2. The van der Waals surface area contributed by atoms with Crippen LogP contribution >= 0.6 is 0 Å². The van der Waals surface area contributed by atoms with Gasteiger partial charge in [-0.15, -0.1) is 0 Å². The Morgan fingerprint density at radius 2 is 1.96 bits per heavy atom. The van der Waals surface area contributed by atoms with Crippen molar-refractivity contribution in [1.29, 1.82) is 0 Å². The van der Waals surface area contributed by atoms with Gasteiger partial charge >= 0.3 is 0 Å². The first-order valence-electron chi connectivity index (χ1n) is 8.59. The van der Waals surface area contributed by atoms with Crippen molar-refractivity contribution in [1.82, 2.24) is 9.88 Å². The van der Waals surface area contributed by atoms with Crippen molar-refractivity contribution in [2.24, 2.45) is 5.92 Å². The van der Waals surface area contributed by atoms with Crippen LogP contribution in [0.3, 0.4) is 0 Å². The van der Waals surface area contributed by atoms with Crippen LogP contribution in [0.15, 0.2) is 42.7 Å². The molecule has 2 aliphatic rings. The quantitative estimate of drug-likeness (QED) is 0.945. The van der Waals surface area contributed by atoms with Crippen LogP contribution < -0.4 is 0 Å². The molecule has 0 radical (unpaired) electrons. The lowest BCUT2D eigenvalue weighted by atomic mass is 9.97. The number of hydrogen-bond acceptors (Lipinski definition) is 3. The minimum atomic E-state index is -0.669. The Kier molecular flexibility index (Phi) is 3.65. The Balaban J connectivity index is 1.55. The summed E-state index contributed by atoms with van der Waals surface area (Å²) < 4.78 is 0. The molecule has 1 unspecified atom stereocenters. The summed E-state index contributed by atoms with van der Waals surface area (Å²) in [6.07, 6.45) is 6.26. The average molecular weight is 322 g/mol. The smallest absolute Gasteiger partial charge is 0.255 e. The van der Waals surface area contributed by atoms with Crippen molar-refractivity contribution < 1.29 is 9.90 Å². The molecule has 0 bridgehead atoms. The van der Waals surface area contributed by atoms with Crippen LogP contribution in [0.2, 0.25) is 0 Å². The van der Waals surface area contributed by atoms with Gasteiger partial charge in [-0.05, 0) is 43.7 Å². The Morgan fingerprint density at radius 1 is 1.21 bits per heavy atom. The standard InChI is InChI=1S/C20H22N2O2/c1-14-2-4-15(5-3-14)16-10-17(12-21-11-16)19(23)22-9-8-20(24,13-22)18-6-7-18/h2-5,10-12,18,24H,6-9,13H2,1H3. The van der Waals surface area contributed by atoms with Crippen LogP contribution in [0.5, 0.6) is 0 Å². The van der Waals surface area contributed by atoms with Crippen LogP contribution in [0.4, 0.5) is 0 Å². The molecule has 1 N–H and O–H groups in total. The van der Waals surface area contributed by atoms with Crippen molar-refractivity contribution >= 4 is 5.91 Å². The molecule has 1 aliphatic carbocycles. The molecule has 1 aromatic heterocycles. The second-order valence-electron chi connectivity index (χ2n) is 7.18. The largest absolute Gasteiger partial charge is 0.388 e. The van der Waals surface area contributed by atoms with Crippen molar-refractivity contribution in [3.8, 4) is 11.1 Å². The number of β-amino-alcohol motifs (C(OH)–C–C–N with tert-alkyl or cyclic N) is 1. The van der Waals surface area contributed by atoms with E-state index in [4.69, 9.17) is 0 Å². The lowest BCUT2D eigenvalue weighted by molar-refractivity contribution is 0.0257. The number of nitrogens with zero attached hydrogens (tertiary/aromatic N) is 2. The zero-order valence-electron chi connectivity index (χ0n) is 13.9. The van der Waals surface area contributed by atoms with Crippen LogP contribution in [-0.2, 0) is 0 Å². The van der Waals surface area contributed by atoms with Gasteiger partial charge < -0.3 is 10.0 Å². The van der Waals surface area contributed by atoms with Crippen molar-refractivity contribution in [3.05, 3.63) is 53.9 Å². The van der Waals surface area contributed by atoms with Gasteiger partial charge in [0.25, 0.3) is 5.91 Å². The van der Waals surface area contributed by atoms with Crippen molar-refractivity contribution in [3.63, 3.8) is 0 Å². The fourth-order valence-corrected chi connectivity index (χ4v) is 3.59. The number of aliphatic hydroxyl groups is 1. The van der Waals surface area contributed by atoms with E-state index in [0.29, 0.717) is 31.0 Å². The highest BCUT2D eigenvalue weighted by atomic mass is 16.3. The minimum absolute atomic E-state index is 0.0342. The predicted octanol–water partition coefficient (Wildman–Crippen LogP) is 3.04. The third-order valence-corrected chi connectivity index (χ3v) is 5.27. The Hall–Kier alpha value is -2.20. The molecule has 4 nitrogen and oxygen atoms in total. The van der Waals surface area contributed by atoms with Gasteiger partial charge in [0.15, 0.2) is 0 Å². The third kappa shape index (κ3) is 2.82. The maximum atomic E-state index is 12.8. The number of carbonyl (C=O) groups is 1. The van der Waals surface area contributed by atoms with E-state index < -0.39 is 5.60 Å². The highest BCUT2D eigenvalue weighted by molar-refractivity contribution is 5.95. The van der Waals surface area contributed by atoms with E-state index in [9.17, 15) is 9.90 Å². The molecule has 0 spiro atoms. The van der Waals surface area contributed by atoms with Crippen LogP contribution in [0.25, 0.3) is 11.1 Å². The van der Waals surface area contributed by atoms with Crippen LogP contribution in [0.1, 0.15) is 35.2 Å². The Bertz CT molecular complexity index is 767. The number of aromatic nitrogens is 1. The van der Waals surface area contributed by atoms with Gasteiger partial charge in [-0.25, -0.2) is 0 Å². The normalized spacial score (nSPS) is 23.5. The van der Waals surface area contributed by atoms with Gasteiger partial charge in [0.2, 0.25) is 0 Å². The third-order valence-electron chi connectivity index (χ3n) is 5.27. The number of aryl methyl sites for hydroxylation is 1. The lowest BCUT2D eigenvalue weighted by Crippen LogP contribution is -2.37. The maximum absolute atomic E-state index is 12.8. The Labute approximate surface area is 142 Å². The highest BCUT2D eigenvalue weighted by Gasteiger charge is 2.49. The zero-order chi connectivity index (χ0) is 16.7. The second-order valence-corrected chi connectivity index (χ2v) is 7.18. The van der Waals surface area contributed by atoms with E-state index in [1.165, 1.54) is 5.56 Å². The van der Waals surface area contributed by atoms with Gasteiger partial charge in [-0.2, -0.15) is 0 Å². The zero-order valence-corrected chi connectivity index (χ0v) is 13.9. The summed E-state index contributed by atoms with van der Waals surface area (Å²) in [5, 5.41) is 10.6. The fourth-order valence-electron chi connectivity index (χ4n) is 3.59. The summed E-state index contributed by atoms with van der Waals surface area (Å²) >= 11 is 0. The average Bonchev–Trinajstić information content (AvgIpc) is 3.39. The van der Waals surface area contributed by atoms with E-state index in [-0.39, 0.29) is 5.91 Å². The first kappa shape index (κ1) is 15.3. The number of pyridine rings is 1. The van der Waals surface area contributed by atoms with Gasteiger partial charge in [-0.1, -0.05) is 29.8 Å². The molecule has 1 aliphatic heterocycles. The molecule has 4 heteroatoms. The van der Waals surface area contributed by atoms with E-state index in [0.717, 1.165) is 24.0 Å². The van der Waals surface area contributed by atoms with Crippen LogP contribution in [-0.4, -0.2) is 39.6 Å². The predicted molar refractivity (Wildman–Crippen MR) is 92.6 cm³/mol. The molecule has 1 saturated heterocycles. The van der Waals surface area contributed by atoms with E-state index in [1.54, 1.807) is 17.3 Å². The molecular weight excluding hydrogens is 300 g/mol. The number of carbonyl (C=O) groups excluding carboxylic acids is 1. The molecule has 2 aromatic rings. The van der Waals surface area contributed by atoms with Crippen molar-refractivity contribution in [2.45, 2.75) is 31.8 Å². The summed E-state index contributed by atoms with van der Waals surface area (Å²) in [5.74, 6) is 0.348. The minimum Gasteiger partial charge on any atom is -0.388 e. The van der Waals surface area contributed by atoms with Gasteiger partial charge in [0.05, 0.1) is 17.7 Å². The van der Waals surface area contributed by atoms with Gasteiger partial charge in [0, 0.05) is 24.5 Å². The summed E-state index contributed by atoms with van der Waals surface area (Å²) in [6.45, 7) is 3.13. The lowest BCUT2D eigenvalue weighted by Gasteiger charge is -2.23. The van der Waals surface area contributed by atoms with Crippen LogP contribution in [0, 0.1) is 12.8 Å². The van der Waals surface area contributed by atoms with E-state index in [2.05, 4.69) is 24.0 Å². The fraction of sp³-hybridized carbons (Fsp3) is 0.400. The molecule has 2 heterocycles. The molecule has 1 saturated carbocycles. The second kappa shape index (κ2) is 5.71. The number of amides is 1. The molecule has 1 atom stereocenters. The summed E-state index contributed by atoms with van der Waals surface area (Å²) in [4.78, 5) is 18.8. The summed E-state index contributed by atoms with van der Waals surface area (Å²) in [5.41, 5.74) is 3.12.